The molecule has 0 unspecified atom stereocenters. The summed E-state index contributed by atoms with van der Waals surface area (Å²) in [5.41, 5.74) is 0.561. The number of hydrogen-bond acceptors (Lipinski definition) is 4. The minimum absolute atomic E-state index is 0.0147. The first-order valence-electron chi connectivity index (χ1n) is 11.3. The molecule has 4 aliphatic carbocycles. The van der Waals surface area contributed by atoms with Crippen molar-refractivity contribution < 1.29 is 19.2 Å². The van der Waals surface area contributed by atoms with Crippen LogP contribution in [0.5, 0.6) is 0 Å². The standard InChI is InChI=1S/C26H20Cl2N2O4/c27-15-5-1-13(2-6-15)21(31)12-29(24(32)14-3-7-16(28)8-4-14)30-25(33)22-17-9-10-18(20-11-19(17)20)23(22)26(30)34/h1-10,17-20,22-23H,11-12H2/t17-,18-,19-,20-,22-,23+/m0/s1. The Morgan fingerprint density at radius 1 is 0.794 bits per heavy atom. The van der Waals surface area contributed by atoms with Crippen molar-refractivity contribution in [3.05, 3.63) is 81.9 Å². The van der Waals surface area contributed by atoms with E-state index in [-0.39, 0.29) is 17.4 Å². The second-order valence-corrected chi connectivity index (χ2v) is 10.3. The fourth-order valence-corrected chi connectivity index (χ4v) is 6.27. The number of benzene rings is 2. The van der Waals surface area contributed by atoms with E-state index in [1.54, 1.807) is 36.4 Å². The Morgan fingerprint density at radius 3 is 1.76 bits per heavy atom. The molecular formula is C26H20Cl2N2O4. The topological polar surface area (TPSA) is 74.8 Å². The lowest BCUT2D eigenvalue weighted by molar-refractivity contribution is -0.154. The zero-order valence-electron chi connectivity index (χ0n) is 17.9. The molecule has 3 amide bonds. The van der Waals surface area contributed by atoms with Gasteiger partial charge in [-0.05, 0) is 78.6 Å². The van der Waals surface area contributed by atoms with Crippen molar-refractivity contribution in [2.75, 3.05) is 6.54 Å². The van der Waals surface area contributed by atoms with Crippen molar-refractivity contribution in [2.24, 2.45) is 35.5 Å². The van der Waals surface area contributed by atoms with Gasteiger partial charge in [-0.25, -0.2) is 5.01 Å². The molecule has 0 N–H and O–H groups in total. The lowest BCUT2D eigenvalue weighted by Gasteiger charge is -2.37. The SMILES string of the molecule is O=C(CN(C(=O)c1ccc(Cl)cc1)N1C(=O)[C@@H]2[C@H]3C=C[C@@H]([C@@H]4C[C@@H]34)[C@@H]2C1=O)c1ccc(Cl)cc1. The third-order valence-electron chi connectivity index (χ3n) is 7.67. The van der Waals surface area contributed by atoms with Crippen LogP contribution in [0.25, 0.3) is 0 Å². The predicted molar refractivity (Wildman–Crippen MR) is 125 cm³/mol. The fourth-order valence-electron chi connectivity index (χ4n) is 6.02. The molecule has 3 fully saturated rings. The maximum atomic E-state index is 13.6. The molecule has 1 aliphatic heterocycles. The molecule has 0 spiro atoms. The summed E-state index contributed by atoms with van der Waals surface area (Å²) < 4.78 is 0. The summed E-state index contributed by atoms with van der Waals surface area (Å²) in [5, 5.41) is 2.87. The summed E-state index contributed by atoms with van der Waals surface area (Å²) in [4.78, 5) is 53.9. The highest BCUT2D eigenvalue weighted by Gasteiger charge is 2.68. The maximum Gasteiger partial charge on any atom is 0.273 e. The number of nitrogens with zero attached hydrogens (tertiary/aromatic N) is 2. The van der Waals surface area contributed by atoms with Gasteiger partial charge in [0.15, 0.2) is 5.78 Å². The van der Waals surface area contributed by atoms with Crippen LogP contribution in [0.4, 0.5) is 0 Å². The van der Waals surface area contributed by atoms with Crippen molar-refractivity contribution >= 4 is 46.7 Å². The average Bonchev–Trinajstić information content (AvgIpc) is 3.62. The number of imide groups is 1. The van der Waals surface area contributed by atoms with Crippen molar-refractivity contribution in [2.45, 2.75) is 6.42 Å². The van der Waals surface area contributed by atoms with Crippen LogP contribution >= 0.6 is 23.2 Å². The number of amides is 3. The van der Waals surface area contributed by atoms with E-state index in [1.807, 2.05) is 0 Å². The maximum absolute atomic E-state index is 13.6. The average molecular weight is 495 g/mol. The van der Waals surface area contributed by atoms with Gasteiger partial charge in [-0.3, -0.25) is 19.2 Å². The molecule has 2 saturated carbocycles. The van der Waals surface area contributed by atoms with E-state index in [2.05, 4.69) is 12.2 Å². The first-order chi connectivity index (χ1) is 16.3. The normalized spacial score (nSPS) is 30.2. The van der Waals surface area contributed by atoms with Gasteiger partial charge in [0.25, 0.3) is 17.7 Å². The van der Waals surface area contributed by atoms with Gasteiger partial charge in [-0.1, -0.05) is 35.4 Å². The third-order valence-corrected chi connectivity index (χ3v) is 8.17. The Morgan fingerprint density at radius 2 is 1.26 bits per heavy atom. The molecule has 2 bridgehead atoms. The molecule has 2 aromatic carbocycles. The Kier molecular flexibility index (Phi) is 4.94. The molecule has 6 atom stereocenters. The van der Waals surface area contributed by atoms with Crippen molar-refractivity contribution in [1.82, 2.24) is 10.0 Å². The predicted octanol–water partition coefficient (Wildman–Crippen LogP) is 4.29. The molecule has 6 nitrogen and oxygen atoms in total. The highest BCUT2D eigenvalue weighted by molar-refractivity contribution is 6.31. The van der Waals surface area contributed by atoms with Crippen LogP contribution in [0, 0.1) is 35.5 Å². The van der Waals surface area contributed by atoms with E-state index < -0.39 is 41.9 Å². The van der Waals surface area contributed by atoms with Gasteiger partial charge in [0.2, 0.25) is 0 Å². The molecule has 0 aromatic heterocycles. The van der Waals surface area contributed by atoms with E-state index in [4.69, 9.17) is 23.2 Å². The minimum atomic E-state index is -0.607. The highest BCUT2D eigenvalue weighted by Crippen LogP contribution is 2.65. The summed E-state index contributed by atoms with van der Waals surface area (Å²) in [6.45, 7) is -0.449. The molecule has 34 heavy (non-hydrogen) atoms. The van der Waals surface area contributed by atoms with Gasteiger partial charge >= 0.3 is 0 Å². The van der Waals surface area contributed by atoms with Crippen LogP contribution in [0.3, 0.4) is 0 Å². The molecule has 8 heteroatoms. The van der Waals surface area contributed by atoms with Crippen LogP contribution in [0.2, 0.25) is 10.0 Å². The number of rotatable bonds is 5. The summed E-state index contributed by atoms with van der Waals surface area (Å²) in [6, 6.07) is 12.4. The van der Waals surface area contributed by atoms with Crippen LogP contribution in [0.1, 0.15) is 27.1 Å². The Balaban J connectivity index is 1.36. The first-order valence-corrected chi connectivity index (χ1v) is 12.0. The number of carbonyl (C=O) groups is 4. The molecule has 7 rings (SSSR count). The number of hydrogen-bond donors (Lipinski definition) is 0. The van der Waals surface area contributed by atoms with Gasteiger partial charge in [0.05, 0.1) is 11.8 Å². The van der Waals surface area contributed by atoms with E-state index >= 15 is 0 Å². The Bertz CT molecular complexity index is 1220. The molecule has 172 valence electrons. The zero-order valence-corrected chi connectivity index (χ0v) is 19.4. The summed E-state index contributed by atoms with van der Waals surface area (Å²) >= 11 is 11.9. The summed E-state index contributed by atoms with van der Waals surface area (Å²) in [6.07, 6.45) is 5.18. The quantitative estimate of drug-likeness (QED) is 0.353. The summed E-state index contributed by atoms with van der Waals surface area (Å²) in [5.74, 6) is -1.86. The Labute approximate surface area is 206 Å². The molecule has 1 heterocycles. The number of Topliss-reactive ketones (excluding diaryl/α,β-unsaturated/α-hetero) is 1. The first kappa shape index (κ1) is 21.6. The van der Waals surface area contributed by atoms with Crippen molar-refractivity contribution in [3.63, 3.8) is 0 Å². The van der Waals surface area contributed by atoms with E-state index in [9.17, 15) is 19.2 Å². The lowest BCUT2D eigenvalue weighted by atomic mass is 9.63. The fraction of sp³-hybridized carbons (Fsp3) is 0.308. The van der Waals surface area contributed by atoms with E-state index in [0.29, 0.717) is 27.4 Å². The molecule has 2 aromatic rings. The van der Waals surface area contributed by atoms with Gasteiger partial charge in [0, 0.05) is 21.2 Å². The number of carbonyl (C=O) groups excluding carboxylic acids is 4. The molecule has 5 aliphatic rings. The van der Waals surface area contributed by atoms with Gasteiger partial charge in [0.1, 0.15) is 6.54 Å². The van der Waals surface area contributed by atoms with Crippen LogP contribution < -0.4 is 0 Å². The Hall–Kier alpha value is -2.96. The molecule has 0 radical (unpaired) electrons. The summed E-state index contributed by atoms with van der Waals surface area (Å²) in [7, 11) is 0. The van der Waals surface area contributed by atoms with Crippen molar-refractivity contribution in [1.29, 1.82) is 0 Å². The smallest absolute Gasteiger partial charge is 0.273 e. The van der Waals surface area contributed by atoms with Gasteiger partial charge in [-0.15, -0.1) is 0 Å². The number of halogens is 2. The van der Waals surface area contributed by atoms with E-state index in [0.717, 1.165) is 16.4 Å². The molecular weight excluding hydrogens is 475 g/mol. The number of allylic oxidation sites excluding steroid dienone is 2. The second kappa shape index (κ2) is 7.79. The van der Waals surface area contributed by atoms with E-state index in [1.165, 1.54) is 12.1 Å². The lowest BCUT2D eigenvalue weighted by Crippen LogP contribution is -2.52. The van der Waals surface area contributed by atoms with Gasteiger partial charge in [-0.2, -0.15) is 5.01 Å². The number of ketones is 1. The second-order valence-electron chi connectivity index (χ2n) is 9.44. The third kappa shape index (κ3) is 3.23. The molecule has 1 saturated heterocycles. The largest absolute Gasteiger partial charge is 0.292 e. The van der Waals surface area contributed by atoms with Crippen LogP contribution in [-0.2, 0) is 9.59 Å². The van der Waals surface area contributed by atoms with Crippen molar-refractivity contribution in [3.8, 4) is 0 Å². The minimum Gasteiger partial charge on any atom is -0.292 e. The number of hydrazine groups is 1. The van der Waals surface area contributed by atoms with Crippen LogP contribution in [0.15, 0.2) is 60.7 Å². The zero-order chi connectivity index (χ0) is 23.7. The highest BCUT2D eigenvalue weighted by atomic mass is 35.5. The van der Waals surface area contributed by atoms with Gasteiger partial charge < -0.3 is 0 Å². The monoisotopic (exact) mass is 494 g/mol. The van der Waals surface area contributed by atoms with Crippen LogP contribution in [-0.4, -0.2) is 40.1 Å².